The minimum Gasteiger partial charge on any atom is -0.351 e. The van der Waals surface area contributed by atoms with Crippen molar-refractivity contribution in [3.63, 3.8) is 0 Å². The van der Waals surface area contributed by atoms with Gasteiger partial charge in [0.15, 0.2) is 0 Å². The highest BCUT2D eigenvalue weighted by atomic mass is 14.9. The zero-order chi connectivity index (χ0) is 13.4. The van der Waals surface area contributed by atoms with Crippen LogP contribution in [-0.2, 0) is 7.05 Å². The molecule has 0 unspecified atom stereocenters. The minimum atomic E-state index is 1.01. The first kappa shape index (κ1) is 11.7. The highest BCUT2D eigenvalue weighted by Gasteiger charge is 2.05. The van der Waals surface area contributed by atoms with Crippen molar-refractivity contribution < 1.29 is 0 Å². The van der Waals surface area contributed by atoms with Crippen molar-refractivity contribution in [2.24, 2.45) is 7.05 Å². The minimum absolute atomic E-state index is 1.01. The lowest BCUT2D eigenvalue weighted by Crippen LogP contribution is -1.90. The summed E-state index contributed by atoms with van der Waals surface area (Å²) in [5, 5.41) is 1.24. The molecule has 2 heterocycles. The molecule has 0 radical (unpaired) electrons. The molecule has 0 amide bonds. The molecule has 0 saturated carbocycles. The Morgan fingerprint density at radius 3 is 2.68 bits per heavy atom. The molecule has 2 heteroatoms. The van der Waals surface area contributed by atoms with Crippen LogP contribution in [0.3, 0.4) is 0 Å². The Balaban J connectivity index is 2.06. The number of pyridine rings is 1. The van der Waals surface area contributed by atoms with E-state index in [1.54, 1.807) is 0 Å². The average Bonchev–Trinajstić information content (AvgIpc) is 2.79. The first-order valence-electron chi connectivity index (χ1n) is 6.32. The van der Waals surface area contributed by atoms with Gasteiger partial charge in [-0.1, -0.05) is 12.6 Å². The molecule has 0 atom stereocenters. The van der Waals surface area contributed by atoms with Gasteiger partial charge >= 0.3 is 0 Å². The smallest absolute Gasteiger partial charge is 0.0478 e. The highest BCUT2D eigenvalue weighted by Crippen LogP contribution is 2.25. The number of rotatable bonds is 2. The summed E-state index contributed by atoms with van der Waals surface area (Å²) < 4.78 is 2.12. The van der Waals surface area contributed by atoms with Gasteiger partial charge in [-0.25, -0.2) is 0 Å². The van der Waals surface area contributed by atoms with Gasteiger partial charge in [0.25, 0.3) is 0 Å². The molecular weight excluding hydrogens is 232 g/mol. The van der Waals surface area contributed by atoms with Crippen molar-refractivity contribution in [1.82, 2.24) is 9.55 Å². The maximum Gasteiger partial charge on any atom is 0.0478 e. The van der Waals surface area contributed by atoms with Crippen LogP contribution >= 0.6 is 0 Å². The van der Waals surface area contributed by atoms with Crippen LogP contribution in [0.1, 0.15) is 16.8 Å². The van der Waals surface area contributed by atoms with E-state index in [2.05, 4.69) is 59.7 Å². The number of nitrogens with zero attached hydrogens (tertiary/aromatic N) is 2. The summed E-state index contributed by atoms with van der Waals surface area (Å²) in [6.07, 6.45) is 3.91. The summed E-state index contributed by atoms with van der Waals surface area (Å²) in [6.45, 7) is 6.21. The van der Waals surface area contributed by atoms with Crippen LogP contribution in [0.5, 0.6) is 0 Å². The molecule has 0 aliphatic rings. The number of benzene rings is 1. The molecule has 0 fully saturated rings. The monoisotopic (exact) mass is 248 g/mol. The van der Waals surface area contributed by atoms with Crippen LogP contribution in [0.15, 0.2) is 55.4 Å². The predicted molar refractivity (Wildman–Crippen MR) is 80.0 cm³/mol. The Bertz CT molecular complexity index is 766. The lowest BCUT2D eigenvalue weighted by Gasteiger charge is -2.07. The Hall–Kier alpha value is -2.35. The molecule has 3 rings (SSSR count). The first-order chi connectivity index (χ1) is 9.15. The standard InChI is InChI=1S/C17H16N2/c1-12-10-15(6-8-18-12)13(2)14-4-5-17-16(11-14)7-9-19(17)3/h4-11H,2H2,1,3H3. The van der Waals surface area contributed by atoms with Gasteiger partial charge < -0.3 is 4.57 Å². The Kier molecular flexibility index (Phi) is 2.71. The van der Waals surface area contributed by atoms with Gasteiger partial charge in [0.05, 0.1) is 0 Å². The van der Waals surface area contributed by atoms with Gasteiger partial charge in [-0.2, -0.15) is 0 Å². The van der Waals surface area contributed by atoms with Crippen molar-refractivity contribution in [3.05, 3.63) is 72.2 Å². The van der Waals surface area contributed by atoms with Crippen molar-refractivity contribution in [3.8, 4) is 0 Å². The summed E-state index contributed by atoms with van der Waals surface area (Å²) in [6, 6.07) is 12.7. The van der Waals surface area contributed by atoms with E-state index in [1.165, 1.54) is 10.9 Å². The number of fused-ring (bicyclic) bond motifs is 1. The molecule has 0 spiro atoms. The van der Waals surface area contributed by atoms with E-state index in [-0.39, 0.29) is 0 Å². The summed E-state index contributed by atoms with van der Waals surface area (Å²) in [7, 11) is 2.06. The molecule has 0 bridgehead atoms. The fourth-order valence-corrected chi connectivity index (χ4v) is 2.37. The molecule has 0 saturated heterocycles. The molecule has 3 aromatic rings. The number of hydrogen-bond donors (Lipinski definition) is 0. The molecular formula is C17H16N2. The normalized spacial score (nSPS) is 10.8. The van der Waals surface area contributed by atoms with E-state index in [9.17, 15) is 0 Å². The first-order valence-corrected chi connectivity index (χ1v) is 6.32. The molecule has 2 aromatic heterocycles. The summed E-state index contributed by atoms with van der Waals surface area (Å²) >= 11 is 0. The zero-order valence-corrected chi connectivity index (χ0v) is 11.2. The summed E-state index contributed by atoms with van der Waals surface area (Å²) in [4.78, 5) is 4.22. The van der Waals surface area contributed by atoms with E-state index in [4.69, 9.17) is 0 Å². The zero-order valence-electron chi connectivity index (χ0n) is 11.2. The fraction of sp³-hybridized carbons (Fsp3) is 0.118. The van der Waals surface area contributed by atoms with Crippen molar-refractivity contribution in [1.29, 1.82) is 0 Å². The maximum atomic E-state index is 4.22. The second-order valence-corrected chi connectivity index (χ2v) is 4.86. The van der Waals surface area contributed by atoms with Gasteiger partial charge in [0, 0.05) is 36.0 Å². The van der Waals surface area contributed by atoms with Crippen LogP contribution in [0.2, 0.25) is 0 Å². The summed E-state index contributed by atoms with van der Waals surface area (Å²) in [5.74, 6) is 0. The molecule has 0 aliphatic carbocycles. The highest BCUT2D eigenvalue weighted by molar-refractivity contribution is 5.87. The fourth-order valence-electron chi connectivity index (χ4n) is 2.37. The number of hydrogen-bond acceptors (Lipinski definition) is 1. The van der Waals surface area contributed by atoms with Gasteiger partial charge in [0.2, 0.25) is 0 Å². The van der Waals surface area contributed by atoms with Crippen molar-refractivity contribution >= 4 is 16.5 Å². The second kappa shape index (κ2) is 4.39. The lowest BCUT2D eigenvalue weighted by atomic mass is 9.99. The van der Waals surface area contributed by atoms with Crippen LogP contribution < -0.4 is 0 Å². The Morgan fingerprint density at radius 2 is 1.89 bits per heavy atom. The quantitative estimate of drug-likeness (QED) is 0.671. The number of aryl methyl sites for hydroxylation is 2. The Morgan fingerprint density at radius 1 is 1.11 bits per heavy atom. The molecule has 1 aromatic carbocycles. The SMILES string of the molecule is C=C(c1ccnc(C)c1)c1ccc2c(ccn2C)c1. The van der Waals surface area contributed by atoms with Crippen LogP contribution in [0.4, 0.5) is 0 Å². The molecule has 2 nitrogen and oxygen atoms in total. The van der Waals surface area contributed by atoms with Crippen LogP contribution in [0, 0.1) is 6.92 Å². The summed E-state index contributed by atoms with van der Waals surface area (Å²) in [5.41, 5.74) is 5.57. The third-order valence-electron chi connectivity index (χ3n) is 3.48. The predicted octanol–water partition coefficient (Wildman–Crippen LogP) is 3.94. The second-order valence-electron chi connectivity index (χ2n) is 4.86. The van der Waals surface area contributed by atoms with Gasteiger partial charge in [0.1, 0.15) is 0 Å². The van der Waals surface area contributed by atoms with E-state index >= 15 is 0 Å². The number of aromatic nitrogens is 2. The molecule has 94 valence electrons. The average molecular weight is 248 g/mol. The van der Waals surface area contributed by atoms with Crippen LogP contribution in [0.25, 0.3) is 16.5 Å². The molecule has 19 heavy (non-hydrogen) atoms. The van der Waals surface area contributed by atoms with Crippen LogP contribution in [-0.4, -0.2) is 9.55 Å². The lowest BCUT2D eigenvalue weighted by molar-refractivity contribution is 0.969. The van der Waals surface area contributed by atoms with E-state index in [0.29, 0.717) is 0 Å². The molecule has 0 N–H and O–H groups in total. The van der Waals surface area contributed by atoms with E-state index in [0.717, 1.165) is 22.4 Å². The van der Waals surface area contributed by atoms with Gasteiger partial charge in [-0.15, -0.1) is 0 Å². The topological polar surface area (TPSA) is 17.8 Å². The largest absolute Gasteiger partial charge is 0.351 e. The van der Waals surface area contributed by atoms with Gasteiger partial charge in [-0.3, -0.25) is 4.98 Å². The third-order valence-corrected chi connectivity index (χ3v) is 3.48. The van der Waals surface area contributed by atoms with E-state index < -0.39 is 0 Å². The van der Waals surface area contributed by atoms with Crippen molar-refractivity contribution in [2.75, 3.05) is 0 Å². The third kappa shape index (κ3) is 2.06. The Labute approximate surface area is 113 Å². The maximum absolute atomic E-state index is 4.22. The molecule has 0 aliphatic heterocycles. The van der Waals surface area contributed by atoms with Gasteiger partial charge in [-0.05, 0) is 54.0 Å². The van der Waals surface area contributed by atoms with E-state index in [1.807, 2.05) is 19.2 Å². The van der Waals surface area contributed by atoms with Crippen molar-refractivity contribution in [2.45, 2.75) is 6.92 Å².